The van der Waals surface area contributed by atoms with Crippen LogP contribution < -0.4 is 5.01 Å². The van der Waals surface area contributed by atoms with Crippen LogP contribution in [0.2, 0.25) is 0 Å². The fourth-order valence-corrected chi connectivity index (χ4v) is 6.98. The number of ether oxygens (including phenoxy) is 1. The molecule has 1 aromatic carbocycles. The average Bonchev–Trinajstić information content (AvgIpc) is 3.47. The van der Waals surface area contributed by atoms with Gasteiger partial charge in [0.2, 0.25) is 0 Å². The lowest BCUT2D eigenvalue weighted by molar-refractivity contribution is -0.143. The van der Waals surface area contributed by atoms with Crippen molar-refractivity contribution in [2.45, 2.75) is 56.7 Å². The third-order valence-corrected chi connectivity index (χ3v) is 8.22. The molecular weight excluding hydrogens is 390 g/mol. The largest absolute Gasteiger partial charge is 0.464 e. The maximum atomic E-state index is 11.9. The normalized spacial score (nSPS) is 25.2. The second-order valence-corrected chi connectivity index (χ2v) is 10.2. The van der Waals surface area contributed by atoms with Crippen LogP contribution in [0.5, 0.6) is 0 Å². The number of aliphatic imine (C=N–C) groups is 1. The van der Waals surface area contributed by atoms with Crippen LogP contribution in [-0.4, -0.2) is 46.8 Å². The van der Waals surface area contributed by atoms with Crippen LogP contribution in [0.3, 0.4) is 0 Å². The second kappa shape index (κ2) is 7.75. The zero-order valence-corrected chi connectivity index (χ0v) is 17.8. The molecule has 1 aromatic rings. The number of hydrogen-bond donors (Lipinski definition) is 0. The molecule has 2 heterocycles. The fourth-order valence-electron chi connectivity index (χ4n) is 4.64. The van der Waals surface area contributed by atoms with Crippen molar-refractivity contribution in [1.29, 1.82) is 0 Å². The first-order valence-electron chi connectivity index (χ1n) is 10.2. The lowest BCUT2D eigenvalue weighted by Crippen LogP contribution is -2.22. The van der Waals surface area contributed by atoms with Gasteiger partial charge in [0, 0.05) is 12.0 Å². The number of esters is 1. The molecule has 0 fully saturated rings. The van der Waals surface area contributed by atoms with Gasteiger partial charge in [0.05, 0.1) is 24.1 Å². The molecule has 7 heteroatoms. The fraction of sp³-hybridized carbons (Fsp3) is 0.571. The van der Waals surface area contributed by atoms with Crippen LogP contribution in [0.4, 0.5) is 5.69 Å². The van der Waals surface area contributed by atoms with Crippen LogP contribution >= 0.6 is 23.5 Å². The molecule has 2 aliphatic heterocycles. The highest BCUT2D eigenvalue weighted by Crippen LogP contribution is 2.42. The first kappa shape index (κ1) is 18.6. The Hall–Kier alpha value is -1.47. The summed E-state index contributed by atoms with van der Waals surface area (Å²) < 4.78 is 6.09. The third kappa shape index (κ3) is 3.36. The number of hydrazone groups is 1. The highest BCUT2D eigenvalue weighted by atomic mass is 32.2. The number of carbonyl (C=O) groups is 1. The van der Waals surface area contributed by atoms with Crippen molar-refractivity contribution in [3.63, 3.8) is 0 Å². The quantitative estimate of drug-likeness (QED) is 0.703. The molecule has 0 amide bonds. The summed E-state index contributed by atoms with van der Waals surface area (Å²) >= 11 is 3.39. The van der Waals surface area contributed by atoms with E-state index in [9.17, 15) is 4.79 Å². The molecule has 2 unspecified atom stereocenters. The molecule has 5 nitrogen and oxygen atoms in total. The van der Waals surface area contributed by atoms with Crippen molar-refractivity contribution in [3.8, 4) is 0 Å². The Kier molecular flexibility index (Phi) is 5.13. The van der Waals surface area contributed by atoms with Gasteiger partial charge in [0.25, 0.3) is 0 Å². The van der Waals surface area contributed by atoms with Crippen molar-refractivity contribution in [1.82, 2.24) is 0 Å². The molecule has 0 bridgehead atoms. The summed E-state index contributed by atoms with van der Waals surface area (Å²) in [6.07, 6.45) is 9.40. The Labute approximate surface area is 174 Å². The van der Waals surface area contributed by atoms with Crippen LogP contribution in [0.1, 0.15) is 42.0 Å². The van der Waals surface area contributed by atoms with Gasteiger partial charge in [0.15, 0.2) is 6.04 Å². The van der Waals surface area contributed by atoms with Gasteiger partial charge >= 0.3 is 5.97 Å². The zero-order chi connectivity index (χ0) is 19.1. The molecule has 0 saturated heterocycles. The van der Waals surface area contributed by atoms with Crippen LogP contribution in [0.15, 0.2) is 16.2 Å². The van der Waals surface area contributed by atoms with Crippen LogP contribution in [-0.2, 0) is 35.2 Å². The number of carbonyl (C=O) groups excluding carboxylic acids is 1. The first-order chi connectivity index (χ1) is 13.7. The van der Waals surface area contributed by atoms with Gasteiger partial charge in [-0.05, 0) is 67.7 Å². The van der Waals surface area contributed by atoms with E-state index < -0.39 is 0 Å². The van der Waals surface area contributed by atoms with Crippen molar-refractivity contribution >= 4 is 45.8 Å². The molecule has 0 saturated carbocycles. The summed E-state index contributed by atoms with van der Waals surface area (Å²) in [5.74, 6) is 0.483. The van der Waals surface area contributed by atoms with E-state index in [-0.39, 0.29) is 17.3 Å². The van der Waals surface area contributed by atoms with E-state index in [2.05, 4.69) is 22.3 Å². The molecule has 148 valence electrons. The number of rotatable bonds is 4. The van der Waals surface area contributed by atoms with Crippen molar-refractivity contribution < 1.29 is 9.53 Å². The molecule has 0 N–H and O–H groups in total. The SMILES string of the molecule is CCOC(=O)C1CSC(SC2C=NN(c3c4c(cc5c3CCC5)CCC4)C2)=N1. The number of hydrogen-bond acceptors (Lipinski definition) is 7. The molecule has 0 spiro atoms. The zero-order valence-electron chi connectivity index (χ0n) is 16.1. The number of benzene rings is 1. The van der Waals surface area contributed by atoms with Gasteiger partial charge in [-0.25, -0.2) is 4.79 Å². The Morgan fingerprint density at radius 2 is 2.00 bits per heavy atom. The number of aryl methyl sites for hydroxylation is 2. The summed E-state index contributed by atoms with van der Waals surface area (Å²) in [6, 6.07) is 2.13. The van der Waals surface area contributed by atoms with Crippen molar-refractivity contribution in [2.75, 3.05) is 23.9 Å². The number of anilines is 1. The molecule has 5 rings (SSSR count). The molecule has 0 aromatic heterocycles. The molecular formula is C21H25N3O2S2. The van der Waals surface area contributed by atoms with Gasteiger partial charge < -0.3 is 4.74 Å². The number of nitrogens with zero attached hydrogens (tertiary/aromatic N) is 3. The molecule has 28 heavy (non-hydrogen) atoms. The highest BCUT2D eigenvalue weighted by molar-refractivity contribution is 8.39. The van der Waals surface area contributed by atoms with E-state index in [1.165, 1.54) is 44.2 Å². The summed E-state index contributed by atoms with van der Waals surface area (Å²) in [5, 5.41) is 7.32. The molecule has 4 aliphatic rings. The average molecular weight is 416 g/mol. The number of thioether (sulfide) groups is 2. The van der Waals surface area contributed by atoms with Crippen LogP contribution in [0.25, 0.3) is 0 Å². The minimum Gasteiger partial charge on any atom is -0.464 e. The predicted octanol–water partition coefficient (Wildman–Crippen LogP) is 3.61. The Bertz CT molecular complexity index is 835. The Morgan fingerprint density at radius 3 is 2.71 bits per heavy atom. The van der Waals surface area contributed by atoms with Gasteiger partial charge in [-0.1, -0.05) is 29.6 Å². The Morgan fingerprint density at radius 1 is 1.25 bits per heavy atom. The van der Waals surface area contributed by atoms with E-state index in [4.69, 9.17) is 9.84 Å². The Balaban J connectivity index is 1.30. The van der Waals surface area contributed by atoms with E-state index in [0.29, 0.717) is 12.4 Å². The van der Waals surface area contributed by atoms with Crippen molar-refractivity contribution in [2.24, 2.45) is 10.1 Å². The summed E-state index contributed by atoms with van der Waals surface area (Å²) in [5.41, 5.74) is 7.59. The van der Waals surface area contributed by atoms with Crippen molar-refractivity contribution in [3.05, 3.63) is 28.3 Å². The third-order valence-electron chi connectivity index (χ3n) is 5.86. The standard InChI is InChI=1S/C21H25N3O2S2/c1-2-26-20(25)18-12-27-21(23-18)28-15-10-22-24(11-15)19-16-7-3-5-13(16)9-14-6-4-8-17(14)19/h9-10,15,18H,2-8,11-12H2,1H3. The van der Waals surface area contributed by atoms with E-state index >= 15 is 0 Å². The van der Waals surface area contributed by atoms with E-state index in [1.54, 1.807) is 45.8 Å². The van der Waals surface area contributed by atoms with E-state index in [1.807, 2.05) is 6.92 Å². The van der Waals surface area contributed by atoms with Gasteiger partial charge in [-0.15, -0.1) is 0 Å². The topological polar surface area (TPSA) is 54.3 Å². The first-order valence-corrected chi connectivity index (χ1v) is 12.1. The molecule has 2 aliphatic carbocycles. The monoisotopic (exact) mass is 415 g/mol. The minimum atomic E-state index is -0.345. The van der Waals surface area contributed by atoms with E-state index in [0.717, 1.165) is 10.9 Å². The predicted molar refractivity (Wildman–Crippen MR) is 118 cm³/mol. The lowest BCUT2D eigenvalue weighted by Gasteiger charge is -2.23. The second-order valence-electron chi connectivity index (χ2n) is 7.68. The minimum absolute atomic E-state index is 0.206. The highest BCUT2D eigenvalue weighted by Gasteiger charge is 2.32. The summed E-state index contributed by atoms with van der Waals surface area (Å²) in [7, 11) is 0. The van der Waals surface area contributed by atoms with Gasteiger partial charge in [0.1, 0.15) is 4.38 Å². The van der Waals surface area contributed by atoms with Crippen LogP contribution in [0, 0.1) is 0 Å². The smallest absolute Gasteiger partial charge is 0.331 e. The van der Waals surface area contributed by atoms with Gasteiger partial charge in [-0.3, -0.25) is 10.0 Å². The summed E-state index contributed by atoms with van der Waals surface area (Å²) in [4.78, 5) is 16.5. The number of fused-ring (bicyclic) bond motifs is 2. The van der Waals surface area contributed by atoms with Gasteiger partial charge in [-0.2, -0.15) is 5.10 Å². The lowest BCUT2D eigenvalue weighted by atomic mass is 9.98. The maximum Gasteiger partial charge on any atom is 0.331 e. The molecule has 0 radical (unpaired) electrons. The maximum absolute atomic E-state index is 11.9. The molecule has 2 atom stereocenters. The summed E-state index contributed by atoms with van der Waals surface area (Å²) in [6.45, 7) is 3.13.